The van der Waals surface area contributed by atoms with Gasteiger partial charge in [-0.1, -0.05) is 24.3 Å². The van der Waals surface area contributed by atoms with E-state index < -0.39 is 23.8 Å². The largest absolute Gasteiger partial charge is 0.481 e. The van der Waals surface area contributed by atoms with Crippen molar-refractivity contribution < 1.29 is 32.6 Å². The average molecular weight is 459 g/mol. The zero-order chi connectivity index (χ0) is 24.0. The predicted molar refractivity (Wildman–Crippen MR) is 113 cm³/mol. The Balaban J connectivity index is 1.59. The van der Waals surface area contributed by atoms with Crippen molar-refractivity contribution in [3.63, 3.8) is 0 Å². The van der Waals surface area contributed by atoms with Crippen LogP contribution >= 0.6 is 0 Å². The van der Waals surface area contributed by atoms with E-state index in [0.717, 1.165) is 17.7 Å². The normalized spacial score (nSPS) is 12.1. The first-order chi connectivity index (χ1) is 15.6. The Kier molecular flexibility index (Phi) is 7.27. The summed E-state index contributed by atoms with van der Waals surface area (Å²) in [6.45, 7) is 1.81. The third-order valence-corrected chi connectivity index (χ3v) is 4.72. The number of nitrogens with zero attached hydrogens (tertiary/aromatic N) is 2. The molecule has 1 heterocycles. The summed E-state index contributed by atoms with van der Waals surface area (Å²) in [5, 5.41) is 11.1. The number of rotatable bonds is 8. The first-order valence-corrected chi connectivity index (χ1v) is 9.90. The number of carboxylic acids is 1. The smallest absolute Gasteiger partial charge is 0.416 e. The van der Waals surface area contributed by atoms with Gasteiger partial charge in [0, 0.05) is 30.1 Å². The van der Waals surface area contributed by atoms with Crippen LogP contribution in [0.3, 0.4) is 0 Å². The first-order valence-electron chi connectivity index (χ1n) is 9.90. The molecule has 3 aromatic rings. The van der Waals surface area contributed by atoms with Crippen LogP contribution in [0, 0.1) is 0 Å². The average Bonchev–Trinajstić information content (AvgIpc) is 2.79. The molecule has 1 atom stereocenters. The third kappa shape index (κ3) is 6.52. The number of amides is 1. The van der Waals surface area contributed by atoms with Crippen LogP contribution in [0.1, 0.15) is 40.9 Å². The summed E-state index contributed by atoms with van der Waals surface area (Å²) in [6, 6.07) is 11.4. The third-order valence-electron chi connectivity index (χ3n) is 4.72. The van der Waals surface area contributed by atoms with Crippen LogP contribution in [0.25, 0.3) is 11.1 Å². The van der Waals surface area contributed by atoms with Crippen LogP contribution in [-0.4, -0.2) is 33.5 Å². The van der Waals surface area contributed by atoms with Gasteiger partial charge in [-0.3, -0.25) is 9.59 Å². The van der Waals surface area contributed by atoms with Crippen molar-refractivity contribution in [2.45, 2.75) is 25.6 Å². The Morgan fingerprint density at radius 1 is 1.00 bits per heavy atom. The van der Waals surface area contributed by atoms with Gasteiger partial charge in [0.1, 0.15) is 6.10 Å². The number of aromatic nitrogens is 2. The standard InChI is InChI=1S/C23H20F3N3O4/c1-14(15-2-4-17(5-3-15)21(32)27-11-10-20(30)31)33-22-28-12-18(13-29-22)16-6-8-19(9-7-16)23(24,25)26/h2-9,12-14H,10-11H2,1H3,(H,27,32)(H,30,31). The molecule has 7 nitrogen and oxygen atoms in total. The monoisotopic (exact) mass is 459 g/mol. The van der Waals surface area contributed by atoms with E-state index in [0.29, 0.717) is 16.7 Å². The number of carboxylic acid groups (broad SMARTS) is 1. The molecule has 0 saturated heterocycles. The fourth-order valence-corrected chi connectivity index (χ4v) is 2.89. The highest BCUT2D eigenvalue weighted by molar-refractivity contribution is 5.94. The van der Waals surface area contributed by atoms with Gasteiger partial charge in [0.25, 0.3) is 5.91 Å². The van der Waals surface area contributed by atoms with Gasteiger partial charge in [-0.25, -0.2) is 9.97 Å². The van der Waals surface area contributed by atoms with Gasteiger partial charge in [-0.05, 0) is 42.3 Å². The molecule has 1 amide bonds. The maximum atomic E-state index is 12.7. The molecule has 0 fully saturated rings. The summed E-state index contributed by atoms with van der Waals surface area (Å²) in [6.07, 6.45) is -2.08. The number of ether oxygens (including phenoxy) is 1. The zero-order valence-electron chi connectivity index (χ0n) is 17.5. The van der Waals surface area contributed by atoms with Crippen molar-refractivity contribution >= 4 is 11.9 Å². The van der Waals surface area contributed by atoms with Crippen molar-refractivity contribution in [2.75, 3.05) is 6.54 Å². The fraction of sp³-hybridized carbons (Fsp3) is 0.217. The molecular weight excluding hydrogens is 439 g/mol. The van der Waals surface area contributed by atoms with Gasteiger partial charge < -0.3 is 15.2 Å². The predicted octanol–water partition coefficient (Wildman–Crippen LogP) is 4.51. The summed E-state index contributed by atoms with van der Waals surface area (Å²) < 4.78 is 43.8. The lowest BCUT2D eigenvalue weighted by Crippen LogP contribution is -2.25. The molecule has 1 unspecified atom stereocenters. The fourth-order valence-electron chi connectivity index (χ4n) is 2.89. The summed E-state index contributed by atoms with van der Waals surface area (Å²) >= 11 is 0. The van der Waals surface area contributed by atoms with Gasteiger partial charge in [0.15, 0.2) is 0 Å². The minimum absolute atomic E-state index is 0.0369. The molecule has 10 heteroatoms. The lowest BCUT2D eigenvalue weighted by atomic mass is 10.1. The van der Waals surface area contributed by atoms with E-state index in [-0.39, 0.29) is 24.9 Å². The first kappa shape index (κ1) is 23.7. The molecule has 0 saturated carbocycles. The van der Waals surface area contributed by atoms with Crippen LogP contribution in [0.15, 0.2) is 60.9 Å². The van der Waals surface area contributed by atoms with Crippen molar-refractivity contribution in [3.05, 3.63) is 77.6 Å². The number of carbonyl (C=O) groups is 2. The number of nitrogens with one attached hydrogen (secondary N) is 1. The molecule has 0 bridgehead atoms. The highest BCUT2D eigenvalue weighted by atomic mass is 19.4. The summed E-state index contributed by atoms with van der Waals surface area (Å²) in [7, 11) is 0. The van der Waals surface area contributed by atoms with Crippen molar-refractivity contribution in [2.24, 2.45) is 0 Å². The second-order valence-corrected chi connectivity index (χ2v) is 7.11. The quantitative estimate of drug-likeness (QED) is 0.514. The number of aliphatic carboxylic acids is 1. The number of alkyl halides is 3. The summed E-state index contributed by atoms with van der Waals surface area (Å²) in [4.78, 5) is 30.7. The molecular formula is C23H20F3N3O4. The van der Waals surface area contributed by atoms with Gasteiger partial charge in [0.2, 0.25) is 0 Å². The summed E-state index contributed by atoms with van der Waals surface area (Å²) in [5.74, 6) is -1.37. The van der Waals surface area contributed by atoms with E-state index in [1.807, 2.05) is 0 Å². The lowest BCUT2D eigenvalue weighted by Gasteiger charge is -2.14. The van der Waals surface area contributed by atoms with E-state index in [1.54, 1.807) is 31.2 Å². The Hall–Kier alpha value is -3.95. The second kappa shape index (κ2) is 10.1. The molecule has 1 aromatic heterocycles. The number of carbonyl (C=O) groups excluding carboxylic acids is 1. The van der Waals surface area contributed by atoms with Crippen LogP contribution in [0.2, 0.25) is 0 Å². The highest BCUT2D eigenvalue weighted by Crippen LogP contribution is 2.31. The van der Waals surface area contributed by atoms with Crippen LogP contribution in [-0.2, 0) is 11.0 Å². The molecule has 3 rings (SSSR count). The minimum Gasteiger partial charge on any atom is -0.481 e. The molecule has 0 aliphatic carbocycles. The number of benzene rings is 2. The maximum absolute atomic E-state index is 12.7. The van der Waals surface area contributed by atoms with E-state index in [2.05, 4.69) is 15.3 Å². The Bertz CT molecular complexity index is 1100. The van der Waals surface area contributed by atoms with Gasteiger partial charge in [-0.15, -0.1) is 0 Å². The Morgan fingerprint density at radius 3 is 2.15 bits per heavy atom. The molecule has 0 aliphatic rings. The summed E-state index contributed by atoms with van der Waals surface area (Å²) in [5.41, 5.74) is 1.49. The highest BCUT2D eigenvalue weighted by Gasteiger charge is 2.30. The molecule has 172 valence electrons. The van der Waals surface area contributed by atoms with E-state index in [4.69, 9.17) is 9.84 Å². The number of halogens is 3. The molecule has 33 heavy (non-hydrogen) atoms. The zero-order valence-corrected chi connectivity index (χ0v) is 17.5. The Morgan fingerprint density at radius 2 is 1.61 bits per heavy atom. The van der Waals surface area contributed by atoms with E-state index >= 15 is 0 Å². The van der Waals surface area contributed by atoms with Crippen LogP contribution < -0.4 is 10.1 Å². The number of hydrogen-bond donors (Lipinski definition) is 2. The molecule has 2 aromatic carbocycles. The van der Waals surface area contributed by atoms with Crippen molar-refractivity contribution in [1.82, 2.24) is 15.3 Å². The van der Waals surface area contributed by atoms with Gasteiger partial charge >= 0.3 is 18.2 Å². The molecule has 0 spiro atoms. The van der Waals surface area contributed by atoms with E-state index in [9.17, 15) is 22.8 Å². The maximum Gasteiger partial charge on any atom is 0.416 e. The molecule has 2 N–H and O–H groups in total. The minimum atomic E-state index is -4.40. The van der Waals surface area contributed by atoms with Gasteiger partial charge in [-0.2, -0.15) is 13.2 Å². The second-order valence-electron chi connectivity index (χ2n) is 7.11. The topological polar surface area (TPSA) is 101 Å². The van der Waals surface area contributed by atoms with Crippen LogP contribution in [0.4, 0.5) is 13.2 Å². The van der Waals surface area contributed by atoms with Gasteiger partial charge in [0.05, 0.1) is 12.0 Å². The van der Waals surface area contributed by atoms with E-state index in [1.165, 1.54) is 24.5 Å². The molecule has 0 radical (unpaired) electrons. The van der Waals surface area contributed by atoms with Crippen molar-refractivity contribution in [1.29, 1.82) is 0 Å². The van der Waals surface area contributed by atoms with Crippen molar-refractivity contribution in [3.8, 4) is 17.1 Å². The van der Waals surface area contributed by atoms with Crippen LogP contribution in [0.5, 0.6) is 6.01 Å². The molecule has 0 aliphatic heterocycles. The Labute approximate surface area is 187 Å². The SMILES string of the molecule is CC(Oc1ncc(-c2ccc(C(F)(F)F)cc2)cn1)c1ccc(C(=O)NCCC(=O)O)cc1. The number of hydrogen-bond acceptors (Lipinski definition) is 5. The lowest BCUT2D eigenvalue weighted by molar-refractivity contribution is -0.138.